The van der Waals surface area contributed by atoms with Crippen molar-refractivity contribution >= 4 is 11.7 Å². The van der Waals surface area contributed by atoms with Crippen LogP contribution in [0, 0.1) is 0 Å². The maximum absolute atomic E-state index is 11.0. The highest BCUT2D eigenvalue weighted by molar-refractivity contribution is 5.72. The number of hydrogen-bond acceptors (Lipinski definition) is 7. The van der Waals surface area contributed by atoms with Gasteiger partial charge in [0.05, 0.1) is 25.4 Å². The molecule has 0 aromatic carbocycles. The summed E-state index contributed by atoms with van der Waals surface area (Å²) in [6.07, 6.45) is 4.18. The molecule has 1 aliphatic heterocycles. The van der Waals surface area contributed by atoms with Gasteiger partial charge in [0, 0.05) is 38.2 Å². The summed E-state index contributed by atoms with van der Waals surface area (Å²) in [4.78, 5) is 25.9. The maximum atomic E-state index is 11.0. The van der Waals surface area contributed by atoms with Gasteiger partial charge in [-0.25, -0.2) is 9.97 Å². The van der Waals surface area contributed by atoms with E-state index in [0.29, 0.717) is 19.0 Å². The van der Waals surface area contributed by atoms with Crippen LogP contribution >= 0.6 is 0 Å². The molecule has 1 N–H and O–H groups in total. The number of carbonyl (C=O) groups excluding carboxylic acids is 1. The van der Waals surface area contributed by atoms with Crippen molar-refractivity contribution in [1.82, 2.24) is 20.3 Å². The van der Waals surface area contributed by atoms with E-state index in [-0.39, 0.29) is 12.0 Å². The van der Waals surface area contributed by atoms with Gasteiger partial charge in [0.2, 0.25) is 11.8 Å². The fourth-order valence-corrected chi connectivity index (χ4v) is 2.80. The number of aromatic nitrogens is 3. The molecule has 1 fully saturated rings. The van der Waals surface area contributed by atoms with Crippen LogP contribution in [0.3, 0.4) is 0 Å². The molecule has 1 unspecified atom stereocenters. The normalized spacial score (nSPS) is 16.4. The average molecular weight is 357 g/mol. The third-order valence-electron chi connectivity index (χ3n) is 4.00. The number of pyridine rings is 1. The van der Waals surface area contributed by atoms with Gasteiger partial charge in [0.1, 0.15) is 24.0 Å². The van der Waals surface area contributed by atoms with Crippen molar-refractivity contribution in [2.75, 3.05) is 24.6 Å². The molecular weight excluding hydrogens is 334 g/mol. The molecule has 8 nitrogen and oxygen atoms in total. The summed E-state index contributed by atoms with van der Waals surface area (Å²) in [5, 5.41) is 2.74. The first-order chi connectivity index (χ1) is 12.6. The van der Waals surface area contributed by atoms with Gasteiger partial charge in [-0.3, -0.25) is 9.78 Å². The largest absolute Gasteiger partial charge is 0.488 e. The van der Waals surface area contributed by atoms with Crippen LogP contribution in [0.1, 0.15) is 26.0 Å². The molecule has 3 rings (SSSR count). The number of rotatable bonds is 7. The van der Waals surface area contributed by atoms with E-state index in [1.54, 1.807) is 6.20 Å². The number of carbonyl (C=O) groups is 1. The minimum absolute atomic E-state index is 0.0662. The number of amides is 1. The van der Waals surface area contributed by atoms with Crippen LogP contribution in [-0.4, -0.2) is 46.7 Å². The molecule has 2 aromatic heterocycles. The van der Waals surface area contributed by atoms with Crippen molar-refractivity contribution in [3.8, 4) is 11.6 Å². The Morgan fingerprint density at radius 2 is 2.23 bits per heavy atom. The van der Waals surface area contributed by atoms with E-state index in [9.17, 15) is 4.79 Å². The molecule has 2 aromatic rings. The van der Waals surface area contributed by atoms with Gasteiger partial charge in [-0.1, -0.05) is 0 Å². The Morgan fingerprint density at radius 1 is 1.35 bits per heavy atom. The second-order valence-electron chi connectivity index (χ2n) is 6.01. The van der Waals surface area contributed by atoms with Crippen LogP contribution in [0.4, 0.5) is 5.82 Å². The fourth-order valence-electron chi connectivity index (χ4n) is 2.80. The van der Waals surface area contributed by atoms with Crippen molar-refractivity contribution < 1.29 is 14.3 Å². The van der Waals surface area contributed by atoms with E-state index in [1.807, 2.05) is 25.1 Å². The second kappa shape index (κ2) is 8.46. The lowest BCUT2D eigenvalue weighted by Gasteiger charge is -2.18. The highest BCUT2D eigenvalue weighted by Gasteiger charge is 2.25. The molecule has 138 valence electrons. The number of anilines is 1. The maximum Gasteiger partial charge on any atom is 0.218 e. The molecule has 1 saturated heterocycles. The monoisotopic (exact) mass is 357 g/mol. The first-order valence-electron chi connectivity index (χ1n) is 8.70. The van der Waals surface area contributed by atoms with Crippen molar-refractivity contribution in [3.63, 3.8) is 0 Å². The summed E-state index contributed by atoms with van der Waals surface area (Å²) < 4.78 is 11.5. The highest BCUT2D eigenvalue weighted by atomic mass is 16.5. The third kappa shape index (κ3) is 4.81. The molecule has 0 radical (unpaired) electrons. The van der Waals surface area contributed by atoms with E-state index in [2.05, 4.69) is 25.2 Å². The number of nitrogens with one attached hydrogen (secondary N) is 1. The second-order valence-corrected chi connectivity index (χ2v) is 6.01. The topological polar surface area (TPSA) is 89.5 Å². The van der Waals surface area contributed by atoms with E-state index < -0.39 is 0 Å². The predicted octanol–water partition coefficient (Wildman–Crippen LogP) is 1.56. The Bertz CT molecular complexity index is 755. The van der Waals surface area contributed by atoms with Crippen LogP contribution < -0.4 is 19.7 Å². The van der Waals surface area contributed by atoms with Crippen LogP contribution in [-0.2, 0) is 11.3 Å². The Hall–Kier alpha value is -2.90. The summed E-state index contributed by atoms with van der Waals surface area (Å²) >= 11 is 0. The van der Waals surface area contributed by atoms with Crippen LogP contribution in [0.15, 0.2) is 30.7 Å². The smallest absolute Gasteiger partial charge is 0.218 e. The van der Waals surface area contributed by atoms with Crippen LogP contribution in [0.25, 0.3) is 0 Å². The molecule has 0 bridgehead atoms. The Morgan fingerprint density at radius 3 is 3.04 bits per heavy atom. The summed E-state index contributed by atoms with van der Waals surface area (Å²) in [5.74, 6) is 2.10. The van der Waals surface area contributed by atoms with E-state index in [1.165, 1.54) is 13.3 Å². The average Bonchev–Trinajstić information content (AvgIpc) is 3.09. The molecule has 1 aliphatic rings. The van der Waals surface area contributed by atoms with Crippen molar-refractivity contribution in [2.24, 2.45) is 0 Å². The lowest BCUT2D eigenvalue weighted by atomic mass is 10.3. The molecule has 1 amide bonds. The minimum Gasteiger partial charge on any atom is -0.488 e. The molecule has 3 heterocycles. The zero-order valence-corrected chi connectivity index (χ0v) is 15.0. The number of hydrogen-bond donors (Lipinski definition) is 1. The quantitative estimate of drug-likeness (QED) is 0.804. The van der Waals surface area contributed by atoms with E-state index in [0.717, 1.165) is 36.8 Å². The van der Waals surface area contributed by atoms with Crippen LogP contribution in [0.2, 0.25) is 0 Å². The Labute approximate surface area is 152 Å². The van der Waals surface area contributed by atoms with Gasteiger partial charge in [-0.05, 0) is 13.0 Å². The summed E-state index contributed by atoms with van der Waals surface area (Å²) in [6, 6.07) is 5.54. The zero-order chi connectivity index (χ0) is 18.4. The standard InChI is InChI=1S/C18H23N5O3/c1-3-25-18-9-17(21-12-22-18)23-7-5-16(11-23)26-15-4-6-19-14(8-15)10-20-13(2)24/h4,6,8-9,12,16H,3,5,7,10-11H2,1-2H3,(H,20,24). The molecule has 0 aliphatic carbocycles. The molecule has 8 heteroatoms. The van der Waals surface area contributed by atoms with E-state index in [4.69, 9.17) is 9.47 Å². The predicted molar refractivity (Wildman–Crippen MR) is 96.2 cm³/mol. The summed E-state index contributed by atoms with van der Waals surface area (Å²) in [5.41, 5.74) is 0.768. The lowest BCUT2D eigenvalue weighted by Crippen LogP contribution is -2.25. The fraction of sp³-hybridized carbons (Fsp3) is 0.444. The number of nitrogens with zero attached hydrogens (tertiary/aromatic N) is 4. The van der Waals surface area contributed by atoms with Gasteiger partial charge < -0.3 is 19.7 Å². The number of ether oxygens (including phenoxy) is 2. The third-order valence-corrected chi connectivity index (χ3v) is 4.00. The van der Waals surface area contributed by atoms with Gasteiger partial charge >= 0.3 is 0 Å². The van der Waals surface area contributed by atoms with E-state index >= 15 is 0 Å². The molecule has 0 spiro atoms. The van der Waals surface area contributed by atoms with Gasteiger partial charge in [0.15, 0.2) is 0 Å². The van der Waals surface area contributed by atoms with Crippen molar-refractivity contribution in [1.29, 1.82) is 0 Å². The zero-order valence-electron chi connectivity index (χ0n) is 15.0. The van der Waals surface area contributed by atoms with Crippen molar-refractivity contribution in [2.45, 2.75) is 32.9 Å². The molecular formula is C18H23N5O3. The summed E-state index contributed by atoms with van der Waals surface area (Å²) in [6.45, 7) is 5.98. The molecule has 1 atom stereocenters. The highest BCUT2D eigenvalue weighted by Crippen LogP contribution is 2.24. The first kappa shape index (κ1) is 17.9. The first-order valence-corrected chi connectivity index (χ1v) is 8.70. The molecule has 0 saturated carbocycles. The Kier molecular flexibility index (Phi) is 5.83. The lowest BCUT2D eigenvalue weighted by molar-refractivity contribution is -0.119. The summed E-state index contributed by atoms with van der Waals surface area (Å²) in [7, 11) is 0. The van der Waals surface area contributed by atoms with Gasteiger partial charge in [-0.15, -0.1) is 0 Å². The minimum atomic E-state index is -0.0826. The van der Waals surface area contributed by atoms with Gasteiger partial charge in [0.25, 0.3) is 0 Å². The van der Waals surface area contributed by atoms with Gasteiger partial charge in [-0.2, -0.15) is 0 Å². The SMILES string of the molecule is CCOc1cc(N2CCC(Oc3ccnc(CNC(C)=O)c3)C2)ncn1. The molecule has 26 heavy (non-hydrogen) atoms. The van der Waals surface area contributed by atoms with Crippen molar-refractivity contribution in [3.05, 3.63) is 36.4 Å². The van der Waals surface area contributed by atoms with Crippen LogP contribution in [0.5, 0.6) is 11.6 Å². The Balaban J connectivity index is 1.58.